The third-order valence-electron chi connectivity index (χ3n) is 4.05. The van der Waals surface area contributed by atoms with Gasteiger partial charge in [-0.2, -0.15) is 9.78 Å². The zero-order chi connectivity index (χ0) is 18.3. The van der Waals surface area contributed by atoms with Crippen LogP contribution >= 0.6 is 0 Å². The molecule has 26 heavy (non-hydrogen) atoms. The van der Waals surface area contributed by atoms with Crippen molar-refractivity contribution in [3.8, 4) is 11.8 Å². The Hall–Kier alpha value is -3.54. The third-order valence-corrected chi connectivity index (χ3v) is 4.05. The predicted molar refractivity (Wildman–Crippen MR) is 95.0 cm³/mol. The van der Waals surface area contributed by atoms with Crippen molar-refractivity contribution < 1.29 is 9.13 Å². The number of aromatic nitrogens is 3. The molecule has 4 N–H and O–H groups in total. The molecule has 1 aromatic carbocycles. The molecule has 0 amide bonds. The number of nitrogens with zero attached hydrogens (tertiary/aromatic N) is 4. The zero-order valence-electron chi connectivity index (χ0n) is 14.0. The smallest absolute Gasteiger partial charge is 0.178 e. The molecule has 132 valence electrons. The van der Waals surface area contributed by atoms with Crippen LogP contribution in [0.15, 0.2) is 24.4 Å². The number of anilines is 4. The van der Waals surface area contributed by atoms with Crippen LogP contribution in [-0.4, -0.2) is 27.7 Å². The van der Waals surface area contributed by atoms with Gasteiger partial charge in [-0.05, 0) is 18.9 Å². The molecule has 0 radical (unpaired) electrons. The maximum Gasteiger partial charge on any atom is 0.178 e. The van der Waals surface area contributed by atoms with Crippen LogP contribution in [-0.2, 0) is 0 Å². The van der Waals surface area contributed by atoms with Gasteiger partial charge in [-0.1, -0.05) is 0 Å². The quantitative estimate of drug-likeness (QED) is 0.604. The number of fused-ring (bicyclic) bond motifs is 1. The summed E-state index contributed by atoms with van der Waals surface area (Å²) in [6, 6.07) is 6.95. The third kappa shape index (κ3) is 2.82. The summed E-state index contributed by atoms with van der Waals surface area (Å²) in [6.07, 6.45) is 3.62. The Morgan fingerprint density at radius 2 is 2.15 bits per heavy atom. The molecule has 0 bridgehead atoms. The number of nitrogens with one attached hydrogen (secondary N) is 2. The van der Waals surface area contributed by atoms with Gasteiger partial charge in [0, 0.05) is 23.9 Å². The number of nitrogens with two attached hydrogens (primary N) is 1. The van der Waals surface area contributed by atoms with Crippen molar-refractivity contribution in [2.75, 3.05) is 23.5 Å². The van der Waals surface area contributed by atoms with Crippen molar-refractivity contribution in [2.24, 2.45) is 0 Å². The van der Waals surface area contributed by atoms with Crippen LogP contribution < -0.4 is 21.1 Å². The maximum absolute atomic E-state index is 14.1. The number of halogens is 1. The Labute approximate surface area is 148 Å². The van der Waals surface area contributed by atoms with Crippen LogP contribution in [0, 0.1) is 17.1 Å². The Balaban J connectivity index is 1.80. The lowest BCUT2D eigenvalue weighted by Crippen LogP contribution is -2.08. The standard InChI is InChI=1S/C17H16FN7O/c1-26-16-12(18)4-9(20)5-13(16)23-15-6-14(22-10-2-3-10)17-21-8-11(7-19)25(17)24-15/h4-6,8,10,22H,2-3,20H2,1H3,(H,23,24). The monoisotopic (exact) mass is 353 g/mol. The maximum atomic E-state index is 14.1. The van der Waals surface area contributed by atoms with Gasteiger partial charge in [-0.3, -0.25) is 0 Å². The molecule has 0 unspecified atom stereocenters. The van der Waals surface area contributed by atoms with Crippen LogP contribution in [0.1, 0.15) is 18.5 Å². The fourth-order valence-corrected chi connectivity index (χ4v) is 2.71. The summed E-state index contributed by atoms with van der Waals surface area (Å²) in [6.45, 7) is 0. The summed E-state index contributed by atoms with van der Waals surface area (Å²) in [7, 11) is 1.38. The molecule has 2 heterocycles. The van der Waals surface area contributed by atoms with Gasteiger partial charge in [0.05, 0.1) is 24.7 Å². The molecule has 3 aromatic rings. The molecule has 4 rings (SSSR count). The molecule has 0 saturated heterocycles. The molecule has 9 heteroatoms. The van der Waals surface area contributed by atoms with Crippen molar-refractivity contribution in [1.82, 2.24) is 14.6 Å². The van der Waals surface area contributed by atoms with Gasteiger partial charge in [0.1, 0.15) is 6.07 Å². The second-order valence-electron chi connectivity index (χ2n) is 6.06. The molecule has 1 aliphatic carbocycles. The van der Waals surface area contributed by atoms with Gasteiger partial charge in [0.15, 0.2) is 28.7 Å². The van der Waals surface area contributed by atoms with Crippen molar-refractivity contribution in [3.05, 3.63) is 35.9 Å². The number of methoxy groups -OCH3 is 1. The summed E-state index contributed by atoms with van der Waals surface area (Å²) in [5, 5.41) is 20.0. The van der Waals surface area contributed by atoms with Crippen molar-refractivity contribution in [2.45, 2.75) is 18.9 Å². The van der Waals surface area contributed by atoms with E-state index in [1.165, 1.54) is 23.9 Å². The average Bonchev–Trinajstić information content (AvgIpc) is 3.31. The highest BCUT2D eigenvalue weighted by Gasteiger charge is 2.23. The number of imidazole rings is 1. The molecule has 0 aliphatic heterocycles. The molecule has 2 aromatic heterocycles. The van der Waals surface area contributed by atoms with E-state index in [1.807, 2.05) is 0 Å². The normalized spacial score (nSPS) is 13.4. The van der Waals surface area contributed by atoms with E-state index in [2.05, 4.69) is 26.8 Å². The van der Waals surface area contributed by atoms with Crippen LogP contribution in [0.3, 0.4) is 0 Å². The van der Waals surface area contributed by atoms with Gasteiger partial charge < -0.3 is 21.1 Å². The van der Waals surface area contributed by atoms with E-state index in [4.69, 9.17) is 10.5 Å². The number of rotatable bonds is 5. The summed E-state index contributed by atoms with van der Waals surface area (Å²) in [5.41, 5.74) is 7.93. The predicted octanol–water partition coefficient (Wildman–Crippen LogP) is 2.65. The van der Waals surface area contributed by atoms with Gasteiger partial charge >= 0.3 is 0 Å². The first-order valence-corrected chi connectivity index (χ1v) is 8.04. The highest BCUT2D eigenvalue weighted by Crippen LogP contribution is 2.34. The molecular formula is C17H16FN7O. The summed E-state index contributed by atoms with van der Waals surface area (Å²) in [5.74, 6) is -0.143. The minimum absolute atomic E-state index is 0.0314. The summed E-state index contributed by atoms with van der Waals surface area (Å²) < 4.78 is 20.6. The molecule has 8 nitrogen and oxygen atoms in total. The largest absolute Gasteiger partial charge is 0.492 e. The number of nitriles is 1. The van der Waals surface area contributed by atoms with Crippen molar-refractivity contribution in [1.29, 1.82) is 5.26 Å². The van der Waals surface area contributed by atoms with E-state index in [0.29, 0.717) is 28.9 Å². The Bertz CT molecular complexity index is 1040. The van der Waals surface area contributed by atoms with Gasteiger partial charge in [-0.15, -0.1) is 5.10 Å². The Morgan fingerprint density at radius 3 is 2.85 bits per heavy atom. The summed E-state index contributed by atoms with van der Waals surface area (Å²) >= 11 is 0. The fourth-order valence-electron chi connectivity index (χ4n) is 2.71. The van der Waals surface area contributed by atoms with Gasteiger partial charge in [-0.25, -0.2) is 9.37 Å². The molecule has 1 aliphatic rings. The SMILES string of the molecule is COc1c(F)cc(N)cc1Nc1cc(NC2CC2)c2ncc(C#N)n2n1. The molecular weight excluding hydrogens is 337 g/mol. The number of benzene rings is 1. The summed E-state index contributed by atoms with van der Waals surface area (Å²) in [4.78, 5) is 4.26. The van der Waals surface area contributed by atoms with E-state index in [0.717, 1.165) is 18.5 Å². The van der Waals surface area contributed by atoms with Gasteiger partial charge in [0.2, 0.25) is 0 Å². The van der Waals surface area contributed by atoms with E-state index in [9.17, 15) is 9.65 Å². The number of hydrogen-bond donors (Lipinski definition) is 3. The highest BCUT2D eigenvalue weighted by atomic mass is 19.1. The second-order valence-corrected chi connectivity index (χ2v) is 6.06. The minimum Gasteiger partial charge on any atom is -0.492 e. The lowest BCUT2D eigenvalue weighted by atomic mass is 10.2. The van der Waals surface area contributed by atoms with E-state index >= 15 is 0 Å². The topological polar surface area (TPSA) is 113 Å². The first-order valence-electron chi connectivity index (χ1n) is 8.04. The van der Waals surface area contributed by atoms with Crippen molar-refractivity contribution >= 4 is 28.5 Å². The van der Waals surface area contributed by atoms with E-state index in [1.54, 1.807) is 12.1 Å². The van der Waals surface area contributed by atoms with Crippen LogP contribution in [0.5, 0.6) is 5.75 Å². The van der Waals surface area contributed by atoms with Crippen molar-refractivity contribution in [3.63, 3.8) is 0 Å². The van der Waals surface area contributed by atoms with Gasteiger partial charge in [0.25, 0.3) is 0 Å². The number of ether oxygens (including phenoxy) is 1. The molecule has 1 saturated carbocycles. The zero-order valence-corrected chi connectivity index (χ0v) is 14.0. The molecule has 0 spiro atoms. The first kappa shape index (κ1) is 16.0. The lowest BCUT2D eigenvalue weighted by molar-refractivity contribution is 0.389. The van der Waals surface area contributed by atoms with Crippen LogP contribution in [0.25, 0.3) is 5.65 Å². The Kier molecular flexibility index (Phi) is 3.73. The minimum atomic E-state index is -0.576. The average molecular weight is 353 g/mol. The number of nitrogen functional groups attached to an aromatic ring is 1. The Morgan fingerprint density at radius 1 is 1.35 bits per heavy atom. The molecule has 1 fully saturated rings. The molecule has 0 atom stereocenters. The number of hydrogen-bond acceptors (Lipinski definition) is 7. The van der Waals surface area contributed by atoms with E-state index in [-0.39, 0.29) is 11.4 Å². The highest BCUT2D eigenvalue weighted by molar-refractivity contribution is 5.75. The lowest BCUT2D eigenvalue weighted by Gasteiger charge is -2.14. The van der Waals surface area contributed by atoms with Crippen LogP contribution in [0.4, 0.5) is 27.3 Å². The second kappa shape index (κ2) is 6.07. The fraction of sp³-hybridized carbons (Fsp3) is 0.235. The van der Waals surface area contributed by atoms with Crippen LogP contribution in [0.2, 0.25) is 0 Å². The van der Waals surface area contributed by atoms with E-state index < -0.39 is 5.82 Å². The first-order chi connectivity index (χ1) is 12.6.